The van der Waals surface area contributed by atoms with Crippen LogP contribution in [0.2, 0.25) is 0 Å². The number of carbonyl (C=O) groups excluding carboxylic acids is 1. The predicted molar refractivity (Wildman–Crippen MR) is 68.3 cm³/mol. The summed E-state index contributed by atoms with van der Waals surface area (Å²) in [5, 5.41) is 0. The molecule has 1 aromatic rings. The Balaban J connectivity index is 3.07. The number of ether oxygens (including phenoxy) is 1. The van der Waals surface area contributed by atoms with Crippen LogP contribution in [0.1, 0.15) is 18.5 Å². The molecule has 0 heterocycles. The molecule has 1 aromatic carbocycles. The van der Waals surface area contributed by atoms with E-state index in [-0.39, 0.29) is 0 Å². The molecule has 0 bridgehead atoms. The van der Waals surface area contributed by atoms with Crippen molar-refractivity contribution in [1.29, 1.82) is 0 Å². The molecule has 0 radical (unpaired) electrons. The van der Waals surface area contributed by atoms with E-state index < -0.39 is 28.0 Å². The minimum absolute atomic E-state index is 0.458. The van der Waals surface area contributed by atoms with Crippen molar-refractivity contribution in [3.05, 3.63) is 35.9 Å². The van der Waals surface area contributed by atoms with Gasteiger partial charge in [-0.1, -0.05) is 37.3 Å². The maximum Gasteiger partial charge on any atom is 0.310 e. The van der Waals surface area contributed by atoms with E-state index in [1.54, 1.807) is 31.2 Å². The van der Waals surface area contributed by atoms with Crippen LogP contribution in [0.3, 0.4) is 0 Å². The van der Waals surface area contributed by atoms with Gasteiger partial charge in [0.15, 0.2) is 0 Å². The van der Waals surface area contributed by atoms with E-state index in [1.165, 1.54) is 7.11 Å². The van der Waals surface area contributed by atoms with Crippen molar-refractivity contribution < 1.29 is 17.9 Å². The van der Waals surface area contributed by atoms with E-state index >= 15 is 0 Å². The van der Waals surface area contributed by atoms with Gasteiger partial charge in [-0.3, -0.25) is 4.79 Å². The van der Waals surface area contributed by atoms with Gasteiger partial charge < -0.3 is 4.74 Å². The summed E-state index contributed by atoms with van der Waals surface area (Å²) < 4.78 is 29.8. The average molecular weight is 271 g/mol. The zero-order valence-electron chi connectivity index (χ0n) is 10.6. The molecular formula is C12H17NO4S. The van der Waals surface area contributed by atoms with Gasteiger partial charge in [0.1, 0.15) is 0 Å². The van der Waals surface area contributed by atoms with Gasteiger partial charge in [-0.25, -0.2) is 13.1 Å². The standard InChI is InChI=1S/C12H17NO4S/c1-9(12(14)17-2)11(13-18(3,15)16)10-7-5-4-6-8-10/h4-9,11,13H,1-3H3/t9-,11-/m0/s1. The highest BCUT2D eigenvalue weighted by Gasteiger charge is 2.28. The quantitative estimate of drug-likeness (QED) is 0.814. The number of esters is 1. The minimum atomic E-state index is -3.42. The van der Waals surface area contributed by atoms with Crippen LogP contribution in [-0.2, 0) is 19.6 Å². The summed E-state index contributed by atoms with van der Waals surface area (Å²) in [5.74, 6) is -1.06. The molecule has 0 aliphatic carbocycles. The van der Waals surface area contributed by atoms with Crippen LogP contribution < -0.4 is 4.72 Å². The minimum Gasteiger partial charge on any atom is -0.469 e. The SMILES string of the molecule is COC(=O)[C@@H](C)[C@H](NS(C)(=O)=O)c1ccccc1. The summed E-state index contributed by atoms with van der Waals surface area (Å²) in [6, 6.07) is 8.30. The molecule has 0 aliphatic rings. The van der Waals surface area contributed by atoms with E-state index in [4.69, 9.17) is 0 Å². The highest BCUT2D eigenvalue weighted by molar-refractivity contribution is 7.88. The molecule has 0 saturated heterocycles. The smallest absolute Gasteiger partial charge is 0.310 e. The molecule has 6 heteroatoms. The number of methoxy groups -OCH3 is 1. The van der Waals surface area contributed by atoms with E-state index in [1.807, 2.05) is 6.07 Å². The number of benzene rings is 1. The monoisotopic (exact) mass is 271 g/mol. The van der Waals surface area contributed by atoms with E-state index in [0.29, 0.717) is 0 Å². The van der Waals surface area contributed by atoms with Gasteiger partial charge in [0.05, 0.1) is 25.3 Å². The third-order valence-electron chi connectivity index (χ3n) is 2.57. The number of hydrogen-bond acceptors (Lipinski definition) is 4. The molecular weight excluding hydrogens is 254 g/mol. The summed E-state index contributed by atoms with van der Waals surface area (Å²) >= 11 is 0. The topological polar surface area (TPSA) is 72.5 Å². The zero-order chi connectivity index (χ0) is 13.8. The lowest BCUT2D eigenvalue weighted by Crippen LogP contribution is -2.35. The molecule has 18 heavy (non-hydrogen) atoms. The Kier molecular flexibility index (Phi) is 4.86. The third-order valence-corrected chi connectivity index (χ3v) is 3.25. The van der Waals surface area contributed by atoms with Crippen LogP contribution >= 0.6 is 0 Å². The normalized spacial score (nSPS) is 14.8. The summed E-state index contributed by atoms with van der Waals surface area (Å²) in [6.07, 6.45) is 1.06. The van der Waals surface area contributed by atoms with Crippen molar-refractivity contribution in [2.45, 2.75) is 13.0 Å². The molecule has 2 atom stereocenters. The fourth-order valence-corrected chi connectivity index (χ4v) is 2.47. The van der Waals surface area contributed by atoms with Gasteiger partial charge in [0.2, 0.25) is 10.0 Å². The maximum atomic E-state index is 11.6. The lowest BCUT2D eigenvalue weighted by Gasteiger charge is -2.22. The molecule has 0 amide bonds. The van der Waals surface area contributed by atoms with Crippen LogP contribution in [0.5, 0.6) is 0 Å². The van der Waals surface area contributed by atoms with Crippen molar-refractivity contribution in [1.82, 2.24) is 4.72 Å². The summed E-state index contributed by atoms with van der Waals surface area (Å²) in [4.78, 5) is 11.6. The van der Waals surface area contributed by atoms with Gasteiger partial charge in [0.25, 0.3) is 0 Å². The molecule has 0 fully saturated rings. The van der Waals surface area contributed by atoms with Gasteiger partial charge in [-0.2, -0.15) is 0 Å². The largest absolute Gasteiger partial charge is 0.469 e. The number of nitrogens with one attached hydrogen (secondary N) is 1. The number of hydrogen-bond donors (Lipinski definition) is 1. The molecule has 0 unspecified atom stereocenters. The molecule has 0 aliphatic heterocycles. The highest BCUT2D eigenvalue weighted by Crippen LogP contribution is 2.23. The van der Waals surface area contributed by atoms with Crippen LogP contribution in [0.25, 0.3) is 0 Å². The number of sulfonamides is 1. The maximum absolute atomic E-state index is 11.6. The van der Waals surface area contributed by atoms with Crippen molar-refractivity contribution >= 4 is 16.0 Å². The first-order valence-corrected chi connectivity index (χ1v) is 7.34. The Hall–Kier alpha value is -1.40. The lowest BCUT2D eigenvalue weighted by atomic mass is 9.95. The fourth-order valence-electron chi connectivity index (χ4n) is 1.67. The van der Waals surface area contributed by atoms with Gasteiger partial charge in [0, 0.05) is 0 Å². The molecule has 0 aromatic heterocycles. The Morgan fingerprint density at radius 2 is 1.83 bits per heavy atom. The van der Waals surface area contributed by atoms with Crippen molar-refractivity contribution in [3.8, 4) is 0 Å². The van der Waals surface area contributed by atoms with E-state index in [0.717, 1.165) is 11.8 Å². The lowest BCUT2D eigenvalue weighted by molar-refractivity contribution is -0.145. The van der Waals surface area contributed by atoms with Crippen LogP contribution in [0, 0.1) is 5.92 Å². The number of carbonyl (C=O) groups is 1. The molecule has 5 nitrogen and oxygen atoms in total. The second kappa shape index (κ2) is 5.97. The van der Waals surface area contributed by atoms with E-state index in [2.05, 4.69) is 9.46 Å². The van der Waals surface area contributed by atoms with Crippen molar-refractivity contribution in [2.75, 3.05) is 13.4 Å². The first kappa shape index (κ1) is 14.7. The Bertz CT molecular complexity index is 498. The fraction of sp³-hybridized carbons (Fsp3) is 0.417. The zero-order valence-corrected chi connectivity index (χ0v) is 11.4. The first-order valence-electron chi connectivity index (χ1n) is 5.45. The Labute approximate surface area is 107 Å². The first-order chi connectivity index (χ1) is 8.35. The summed E-state index contributed by atoms with van der Waals surface area (Å²) in [5.41, 5.74) is 0.723. The molecule has 1 N–H and O–H groups in total. The highest BCUT2D eigenvalue weighted by atomic mass is 32.2. The van der Waals surface area contributed by atoms with Crippen molar-refractivity contribution in [3.63, 3.8) is 0 Å². The number of rotatable bonds is 5. The van der Waals surface area contributed by atoms with Crippen LogP contribution in [0.15, 0.2) is 30.3 Å². The molecule has 0 saturated carbocycles. The predicted octanol–water partition coefficient (Wildman–Crippen LogP) is 1.09. The second-order valence-corrected chi connectivity index (χ2v) is 5.87. The van der Waals surface area contributed by atoms with E-state index in [9.17, 15) is 13.2 Å². The Morgan fingerprint density at radius 1 is 1.28 bits per heavy atom. The van der Waals surface area contributed by atoms with Crippen molar-refractivity contribution in [2.24, 2.45) is 5.92 Å². The van der Waals surface area contributed by atoms with Gasteiger partial charge >= 0.3 is 5.97 Å². The third kappa shape index (κ3) is 4.12. The summed E-state index contributed by atoms with van der Waals surface area (Å²) in [6.45, 7) is 1.63. The molecule has 0 spiro atoms. The Morgan fingerprint density at radius 3 is 2.28 bits per heavy atom. The molecule has 1 rings (SSSR count). The van der Waals surface area contributed by atoms with Crippen LogP contribution in [-0.4, -0.2) is 27.8 Å². The second-order valence-electron chi connectivity index (χ2n) is 4.09. The van der Waals surface area contributed by atoms with Gasteiger partial charge in [-0.05, 0) is 5.56 Å². The average Bonchev–Trinajstić information content (AvgIpc) is 2.34. The summed E-state index contributed by atoms with van der Waals surface area (Å²) in [7, 11) is -2.14. The van der Waals surface area contributed by atoms with Gasteiger partial charge in [-0.15, -0.1) is 0 Å². The van der Waals surface area contributed by atoms with Crippen LogP contribution in [0.4, 0.5) is 0 Å². The molecule has 100 valence electrons.